The summed E-state index contributed by atoms with van der Waals surface area (Å²) in [4.78, 5) is 30.1. The average molecular weight is 396 g/mol. The third-order valence-electron chi connectivity index (χ3n) is 5.10. The Kier molecular flexibility index (Phi) is 5.20. The molecule has 3 aromatic rings. The zero-order valence-electron chi connectivity index (χ0n) is 16.3. The number of anilines is 1. The van der Waals surface area contributed by atoms with Crippen LogP contribution in [0.4, 0.5) is 5.82 Å². The molecule has 0 atom stereocenters. The molecule has 1 fully saturated rings. The van der Waals surface area contributed by atoms with Crippen LogP contribution in [0, 0.1) is 0 Å². The Hall–Kier alpha value is -3.36. The fraction of sp³-hybridized carbons (Fsp3) is 0.400. The summed E-state index contributed by atoms with van der Waals surface area (Å²) >= 11 is 0. The Morgan fingerprint density at radius 3 is 2.76 bits per heavy atom. The molecule has 29 heavy (non-hydrogen) atoms. The van der Waals surface area contributed by atoms with Crippen molar-refractivity contribution in [1.29, 1.82) is 0 Å². The van der Waals surface area contributed by atoms with E-state index in [1.807, 2.05) is 40.9 Å². The number of hydrogen-bond acceptors (Lipinski definition) is 5. The third kappa shape index (κ3) is 3.94. The molecule has 0 aromatic carbocycles. The predicted octanol–water partition coefficient (Wildman–Crippen LogP) is 2.25. The van der Waals surface area contributed by atoms with E-state index in [1.165, 1.54) is 0 Å². The van der Waals surface area contributed by atoms with E-state index in [0.29, 0.717) is 24.2 Å². The smallest absolute Gasteiger partial charge is 0.303 e. The number of aryl methyl sites for hydroxylation is 1. The standard InChI is InChI=1S/C20H24N6O3/c1-24-13-15(12-22-24)18-19(21-7-4-5-17(27)28)26-10-6-14(11-16(26)23-18)20(29)25-8-2-3-9-25/h6,10-13,21H,2-5,7-9H2,1H3,(H,27,28). The molecule has 0 radical (unpaired) electrons. The van der Waals surface area contributed by atoms with Gasteiger partial charge in [-0.25, -0.2) is 4.98 Å². The van der Waals surface area contributed by atoms with Crippen LogP contribution < -0.4 is 5.32 Å². The van der Waals surface area contributed by atoms with Gasteiger partial charge in [-0.05, 0) is 31.4 Å². The number of carboxylic acid groups (broad SMARTS) is 1. The van der Waals surface area contributed by atoms with Gasteiger partial charge in [0, 0.05) is 56.6 Å². The molecule has 1 aliphatic rings. The van der Waals surface area contributed by atoms with Crippen LogP contribution in [-0.2, 0) is 11.8 Å². The zero-order chi connectivity index (χ0) is 20.4. The van der Waals surface area contributed by atoms with Gasteiger partial charge in [-0.2, -0.15) is 5.10 Å². The van der Waals surface area contributed by atoms with Gasteiger partial charge in [0.05, 0.1) is 6.20 Å². The summed E-state index contributed by atoms with van der Waals surface area (Å²) in [5, 5.41) is 16.4. The van der Waals surface area contributed by atoms with Crippen molar-refractivity contribution in [2.45, 2.75) is 25.7 Å². The molecule has 0 spiro atoms. The van der Waals surface area contributed by atoms with Gasteiger partial charge in [0.2, 0.25) is 0 Å². The van der Waals surface area contributed by atoms with Crippen molar-refractivity contribution in [3.05, 3.63) is 36.3 Å². The number of pyridine rings is 1. The highest BCUT2D eigenvalue weighted by molar-refractivity contribution is 5.95. The summed E-state index contributed by atoms with van der Waals surface area (Å²) in [6, 6.07) is 3.62. The van der Waals surface area contributed by atoms with Gasteiger partial charge in [-0.3, -0.25) is 18.7 Å². The molecule has 1 aliphatic heterocycles. The molecule has 1 amide bonds. The van der Waals surface area contributed by atoms with Gasteiger partial charge in [0.15, 0.2) is 0 Å². The molecule has 1 saturated heterocycles. The second-order valence-electron chi connectivity index (χ2n) is 7.28. The molecular weight excluding hydrogens is 372 g/mol. The maximum Gasteiger partial charge on any atom is 0.303 e. The Balaban J connectivity index is 1.67. The second kappa shape index (κ2) is 7.94. The number of nitrogens with zero attached hydrogens (tertiary/aromatic N) is 5. The number of likely N-dealkylation sites (tertiary alicyclic amines) is 1. The lowest BCUT2D eigenvalue weighted by atomic mass is 10.2. The summed E-state index contributed by atoms with van der Waals surface area (Å²) in [5.41, 5.74) is 2.86. The predicted molar refractivity (Wildman–Crippen MR) is 108 cm³/mol. The van der Waals surface area contributed by atoms with Crippen LogP contribution in [0.3, 0.4) is 0 Å². The fourth-order valence-corrected chi connectivity index (χ4v) is 3.64. The van der Waals surface area contributed by atoms with Gasteiger partial charge in [0.25, 0.3) is 5.91 Å². The number of hydrogen-bond donors (Lipinski definition) is 2. The van der Waals surface area contributed by atoms with Gasteiger partial charge < -0.3 is 15.3 Å². The maximum atomic E-state index is 12.7. The second-order valence-corrected chi connectivity index (χ2v) is 7.28. The molecule has 0 unspecified atom stereocenters. The Morgan fingerprint density at radius 1 is 1.28 bits per heavy atom. The van der Waals surface area contributed by atoms with Crippen molar-refractivity contribution < 1.29 is 14.7 Å². The molecule has 4 rings (SSSR count). The molecule has 0 aliphatic carbocycles. The number of nitrogens with one attached hydrogen (secondary N) is 1. The first-order valence-electron chi connectivity index (χ1n) is 9.79. The van der Waals surface area contributed by atoms with Crippen LogP contribution >= 0.6 is 0 Å². The van der Waals surface area contributed by atoms with Crippen molar-refractivity contribution in [2.75, 3.05) is 25.0 Å². The number of carbonyl (C=O) groups is 2. The highest BCUT2D eigenvalue weighted by Crippen LogP contribution is 2.29. The number of carboxylic acids is 1. The van der Waals surface area contributed by atoms with Crippen molar-refractivity contribution >= 4 is 23.3 Å². The minimum atomic E-state index is -0.817. The molecule has 2 N–H and O–H groups in total. The molecule has 9 nitrogen and oxygen atoms in total. The van der Waals surface area contributed by atoms with Gasteiger partial charge in [-0.15, -0.1) is 0 Å². The highest BCUT2D eigenvalue weighted by Gasteiger charge is 2.21. The van der Waals surface area contributed by atoms with E-state index in [9.17, 15) is 9.59 Å². The number of carbonyl (C=O) groups excluding carboxylic acids is 1. The number of rotatable bonds is 7. The van der Waals surface area contributed by atoms with E-state index in [0.717, 1.165) is 43.0 Å². The zero-order valence-corrected chi connectivity index (χ0v) is 16.3. The minimum absolute atomic E-state index is 0.0342. The van der Waals surface area contributed by atoms with Crippen molar-refractivity contribution in [2.24, 2.45) is 7.05 Å². The van der Waals surface area contributed by atoms with E-state index in [-0.39, 0.29) is 12.3 Å². The Morgan fingerprint density at radius 2 is 2.07 bits per heavy atom. The largest absolute Gasteiger partial charge is 0.481 e. The average Bonchev–Trinajstić information content (AvgIpc) is 3.44. The van der Waals surface area contributed by atoms with Crippen molar-refractivity contribution in [1.82, 2.24) is 24.1 Å². The highest BCUT2D eigenvalue weighted by atomic mass is 16.4. The molecule has 152 valence electrons. The minimum Gasteiger partial charge on any atom is -0.481 e. The normalized spacial score (nSPS) is 13.9. The van der Waals surface area contributed by atoms with Crippen LogP contribution in [0.15, 0.2) is 30.7 Å². The maximum absolute atomic E-state index is 12.7. The topological polar surface area (TPSA) is 105 Å². The van der Waals surface area contributed by atoms with E-state index in [2.05, 4.69) is 10.4 Å². The lowest BCUT2D eigenvalue weighted by Gasteiger charge is -2.15. The summed E-state index contributed by atoms with van der Waals surface area (Å²) in [7, 11) is 1.84. The Bertz CT molecular complexity index is 1050. The summed E-state index contributed by atoms with van der Waals surface area (Å²) in [5.74, 6) is -0.0204. The lowest BCUT2D eigenvalue weighted by Crippen LogP contribution is -2.27. The molecule has 4 heterocycles. The number of aliphatic carboxylic acids is 1. The van der Waals surface area contributed by atoms with Crippen LogP contribution in [0.5, 0.6) is 0 Å². The van der Waals surface area contributed by atoms with E-state index >= 15 is 0 Å². The van der Waals surface area contributed by atoms with E-state index in [1.54, 1.807) is 10.9 Å². The van der Waals surface area contributed by atoms with Gasteiger partial charge >= 0.3 is 5.97 Å². The van der Waals surface area contributed by atoms with Crippen LogP contribution in [0.1, 0.15) is 36.0 Å². The summed E-state index contributed by atoms with van der Waals surface area (Å²) in [6.07, 6.45) is 8.15. The Labute approximate surface area is 168 Å². The summed E-state index contributed by atoms with van der Waals surface area (Å²) < 4.78 is 3.60. The SMILES string of the molecule is Cn1cc(-c2nc3cc(C(=O)N4CCCC4)ccn3c2NCCCC(=O)O)cn1. The van der Waals surface area contributed by atoms with Crippen LogP contribution in [0.2, 0.25) is 0 Å². The first kappa shape index (κ1) is 19.0. The van der Waals surface area contributed by atoms with Crippen LogP contribution in [0.25, 0.3) is 16.9 Å². The fourth-order valence-electron chi connectivity index (χ4n) is 3.64. The molecule has 0 saturated carbocycles. The first-order valence-corrected chi connectivity index (χ1v) is 9.79. The number of imidazole rings is 1. The number of fused-ring (bicyclic) bond motifs is 1. The molecule has 0 bridgehead atoms. The number of aromatic nitrogens is 4. The third-order valence-corrected chi connectivity index (χ3v) is 5.10. The molecule has 9 heteroatoms. The van der Waals surface area contributed by atoms with Crippen molar-refractivity contribution in [3.63, 3.8) is 0 Å². The van der Waals surface area contributed by atoms with E-state index < -0.39 is 5.97 Å². The molecule has 3 aromatic heterocycles. The first-order chi connectivity index (χ1) is 14.0. The summed E-state index contributed by atoms with van der Waals surface area (Å²) in [6.45, 7) is 2.10. The van der Waals surface area contributed by atoms with Gasteiger partial charge in [-0.1, -0.05) is 0 Å². The van der Waals surface area contributed by atoms with Gasteiger partial charge in [0.1, 0.15) is 17.2 Å². The van der Waals surface area contributed by atoms with Crippen LogP contribution in [-0.4, -0.2) is 60.7 Å². The number of amides is 1. The molecular formula is C20H24N6O3. The van der Waals surface area contributed by atoms with E-state index in [4.69, 9.17) is 10.1 Å². The lowest BCUT2D eigenvalue weighted by molar-refractivity contribution is -0.137. The van der Waals surface area contributed by atoms with Crippen molar-refractivity contribution in [3.8, 4) is 11.3 Å². The monoisotopic (exact) mass is 396 g/mol. The quantitative estimate of drug-likeness (QED) is 0.594.